The Labute approximate surface area is 157 Å². The summed E-state index contributed by atoms with van der Waals surface area (Å²) in [5.41, 5.74) is 0.689. The molecule has 1 aliphatic carbocycles. The van der Waals surface area contributed by atoms with Gasteiger partial charge in [-0.05, 0) is 42.7 Å². The molecule has 0 atom stereocenters. The van der Waals surface area contributed by atoms with Crippen LogP contribution >= 0.6 is 0 Å². The first kappa shape index (κ1) is 18.6. The molecule has 1 saturated carbocycles. The Balaban J connectivity index is 1.66. The molecule has 1 amide bonds. The van der Waals surface area contributed by atoms with Crippen LogP contribution in [0.4, 0.5) is 10.1 Å². The van der Waals surface area contributed by atoms with Gasteiger partial charge in [0.1, 0.15) is 5.82 Å². The molecular weight excluding hydrogens is 347 g/mol. The van der Waals surface area contributed by atoms with Crippen LogP contribution in [0.1, 0.15) is 24.8 Å². The van der Waals surface area contributed by atoms with Gasteiger partial charge in [0.2, 0.25) is 0 Å². The summed E-state index contributed by atoms with van der Waals surface area (Å²) in [4.78, 5) is 26.5. The van der Waals surface area contributed by atoms with Crippen LogP contribution in [0.2, 0.25) is 0 Å². The SMILES string of the molecule is N#CCCN(C(=O)COC(=O)C1(c2ccccc2)CC1)c1ccc(F)cc1. The summed E-state index contributed by atoms with van der Waals surface area (Å²) in [6.07, 6.45) is 1.51. The topological polar surface area (TPSA) is 70.4 Å². The second-order valence-corrected chi connectivity index (χ2v) is 6.45. The molecule has 5 nitrogen and oxygen atoms in total. The molecule has 1 aliphatic rings. The Bertz CT molecular complexity index is 855. The molecule has 6 heteroatoms. The molecule has 0 heterocycles. The number of esters is 1. The van der Waals surface area contributed by atoms with Gasteiger partial charge in [0.05, 0.1) is 17.9 Å². The summed E-state index contributed by atoms with van der Waals surface area (Å²) in [6.45, 7) is -0.279. The monoisotopic (exact) mass is 366 g/mol. The van der Waals surface area contributed by atoms with Crippen molar-refractivity contribution >= 4 is 17.6 Å². The molecule has 1 fully saturated rings. The van der Waals surface area contributed by atoms with Crippen LogP contribution in [0.5, 0.6) is 0 Å². The number of carbonyl (C=O) groups excluding carboxylic acids is 2. The molecule has 0 unspecified atom stereocenters. The van der Waals surface area contributed by atoms with E-state index >= 15 is 0 Å². The number of anilines is 1. The zero-order chi connectivity index (χ0) is 19.3. The standard InChI is InChI=1S/C21H19FN2O3/c22-17-7-9-18(10-8-17)24(14-4-13-23)19(25)15-27-20(26)21(11-12-21)16-5-2-1-3-6-16/h1-3,5-10H,4,11-12,14-15H2. The summed E-state index contributed by atoms with van der Waals surface area (Å²) < 4.78 is 18.4. The van der Waals surface area contributed by atoms with Gasteiger partial charge in [-0.15, -0.1) is 0 Å². The van der Waals surface area contributed by atoms with Crippen LogP contribution in [-0.2, 0) is 19.7 Å². The van der Waals surface area contributed by atoms with Crippen molar-refractivity contribution in [2.75, 3.05) is 18.1 Å². The lowest BCUT2D eigenvalue weighted by atomic mass is 9.96. The first-order valence-electron chi connectivity index (χ1n) is 8.72. The summed E-state index contributed by atoms with van der Waals surface area (Å²) in [7, 11) is 0. The molecule has 27 heavy (non-hydrogen) atoms. The number of benzene rings is 2. The van der Waals surface area contributed by atoms with E-state index < -0.39 is 29.7 Å². The van der Waals surface area contributed by atoms with Gasteiger partial charge in [0.15, 0.2) is 6.61 Å². The third kappa shape index (κ3) is 4.14. The second kappa shape index (κ2) is 8.00. The number of nitrogens with zero attached hydrogens (tertiary/aromatic N) is 2. The maximum absolute atomic E-state index is 13.1. The number of halogens is 1. The van der Waals surface area contributed by atoms with Crippen LogP contribution in [0.3, 0.4) is 0 Å². The van der Waals surface area contributed by atoms with Crippen LogP contribution < -0.4 is 4.90 Å². The molecule has 0 N–H and O–H groups in total. The van der Waals surface area contributed by atoms with Crippen molar-refractivity contribution in [3.63, 3.8) is 0 Å². The summed E-state index contributed by atoms with van der Waals surface area (Å²) in [6, 6.07) is 16.7. The van der Waals surface area contributed by atoms with Crippen molar-refractivity contribution in [1.82, 2.24) is 0 Å². The predicted octanol–water partition coefficient (Wildman–Crippen LogP) is 3.35. The number of amides is 1. The van der Waals surface area contributed by atoms with Gasteiger partial charge in [-0.1, -0.05) is 30.3 Å². The zero-order valence-corrected chi connectivity index (χ0v) is 14.7. The highest BCUT2D eigenvalue weighted by Gasteiger charge is 2.52. The number of hydrogen-bond donors (Lipinski definition) is 0. The van der Waals surface area contributed by atoms with E-state index in [-0.39, 0.29) is 13.0 Å². The van der Waals surface area contributed by atoms with E-state index in [1.807, 2.05) is 36.4 Å². The van der Waals surface area contributed by atoms with E-state index in [1.165, 1.54) is 29.2 Å². The molecule has 0 aromatic heterocycles. The van der Waals surface area contributed by atoms with Gasteiger partial charge in [0.25, 0.3) is 5.91 Å². The maximum atomic E-state index is 13.1. The van der Waals surface area contributed by atoms with Gasteiger partial charge in [-0.2, -0.15) is 5.26 Å². The van der Waals surface area contributed by atoms with E-state index in [1.54, 1.807) is 0 Å². The predicted molar refractivity (Wildman–Crippen MR) is 97.3 cm³/mol. The second-order valence-electron chi connectivity index (χ2n) is 6.45. The first-order valence-corrected chi connectivity index (χ1v) is 8.72. The van der Waals surface area contributed by atoms with E-state index in [0.29, 0.717) is 18.5 Å². The largest absolute Gasteiger partial charge is 0.455 e. The average Bonchev–Trinajstić information content (AvgIpc) is 3.50. The number of hydrogen-bond acceptors (Lipinski definition) is 4. The molecule has 0 radical (unpaired) electrons. The fourth-order valence-electron chi connectivity index (χ4n) is 3.02. The molecule has 138 valence electrons. The summed E-state index contributed by atoms with van der Waals surface area (Å²) >= 11 is 0. The minimum atomic E-state index is -0.658. The molecule has 0 saturated heterocycles. The molecule has 2 aromatic rings. The van der Waals surface area contributed by atoms with Crippen molar-refractivity contribution in [2.24, 2.45) is 0 Å². The van der Waals surface area contributed by atoms with Crippen LogP contribution in [0.25, 0.3) is 0 Å². The lowest BCUT2D eigenvalue weighted by molar-refractivity contribution is -0.150. The highest BCUT2D eigenvalue weighted by Crippen LogP contribution is 2.49. The Hall–Kier alpha value is -3.20. The molecule has 2 aromatic carbocycles. The molecule has 0 aliphatic heterocycles. The molecule has 3 rings (SSSR count). The zero-order valence-electron chi connectivity index (χ0n) is 14.7. The van der Waals surface area contributed by atoms with E-state index in [0.717, 1.165) is 5.56 Å². The number of carbonyl (C=O) groups is 2. The van der Waals surface area contributed by atoms with E-state index in [2.05, 4.69) is 0 Å². The smallest absolute Gasteiger partial charge is 0.317 e. The van der Waals surface area contributed by atoms with Crippen LogP contribution in [0, 0.1) is 17.1 Å². The third-order valence-electron chi connectivity index (χ3n) is 4.68. The number of nitriles is 1. The van der Waals surface area contributed by atoms with E-state index in [9.17, 15) is 14.0 Å². The highest BCUT2D eigenvalue weighted by atomic mass is 19.1. The number of ether oxygens (including phenoxy) is 1. The van der Waals surface area contributed by atoms with Crippen molar-refractivity contribution in [3.05, 3.63) is 66.0 Å². The lowest BCUT2D eigenvalue weighted by Gasteiger charge is -2.22. The average molecular weight is 366 g/mol. The first-order chi connectivity index (χ1) is 13.1. The van der Waals surface area contributed by atoms with Crippen molar-refractivity contribution in [2.45, 2.75) is 24.7 Å². The van der Waals surface area contributed by atoms with Crippen LogP contribution in [0.15, 0.2) is 54.6 Å². The van der Waals surface area contributed by atoms with Crippen molar-refractivity contribution in [3.8, 4) is 6.07 Å². The minimum absolute atomic E-state index is 0.116. The highest BCUT2D eigenvalue weighted by molar-refractivity contribution is 5.96. The Kier molecular flexibility index (Phi) is 5.51. The lowest BCUT2D eigenvalue weighted by Crippen LogP contribution is -2.36. The molecule has 0 bridgehead atoms. The molecule has 0 spiro atoms. The minimum Gasteiger partial charge on any atom is -0.455 e. The maximum Gasteiger partial charge on any atom is 0.317 e. The summed E-state index contributed by atoms with van der Waals surface area (Å²) in [5.74, 6) is -1.29. The van der Waals surface area contributed by atoms with Gasteiger partial charge in [-0.25, -0.2) is 4.39 Å². The Morgan fingerprint density at radius 1 is 1.11 bits per heavy atom. The van der Waals surface area contributed by atoms with Crippen molar-refractivity contribution in [1.29, 1.82) is 5.26 Å². The summed E-state index contributed by atoms with van der Waals surface area (Å²) in [5, 5.41) is 8.81. The normalized spacial score (nSPS) is 14.1. The van der Waals surface area contributed by atoms with E-state index in [4.69, 9.17) is 10.00 Å². The fraction of sp³-hybridized carbons (Fsp3) is 0.286. The number of rotatable bonds is 7. The van der Waals surface area contributed by atoms with Crippen molar-refractivity contribution < 1.29 is 18.7 Å². The fourth-order valence-corrected chi connectivity index (χ4v) is 3.02. The quantitative estimate of drug-likeness (QED) is 0.705. The van der Waals surface area contributed by atoms with Gasteiger partial charge >= 0.3 is 5.97 Å². The molecular formula is C21H19FN2O3. The van der Waals surface area contributed by atoms with Crippen LogP contribution in [-0.4, -0.2) is 25.0 Å². The Morgan fingerprint density at radius 3 is 2.37 bits per heavy atom. The van der Waals surface area contributed by atoms with Gasteiger partial charge in [-0.3, -0.25) is 9.59 Å². The third-order valence-corrected chi connectivity index (χ3v) is 4.68. The Morgan fingerprint density at radius 2 is 1.78 bits per heavy atom. The van der Waals surface area contributed by atoms with Gasteiger partial charge in [0, 0.05) is 12.2 Å². The van der Waals surface area contributed by atoms with Gasteiger partial charge < -0.3 is 9.64 Å².